The van der Waals surface area contributed by atoms with E-state index in [1.165, 1.54) is 30.9 Å². The fourth-order valence-corrected chi connectivity index (χ4v) is 2.65. The van der Waals surface area contributed by atoms with E-state index in [2.05, 4.69) is 24.9 Å². The summed E-state index contributed by atoms with van der Waals surface area (Å²) in [4.78, 5) is 22.8. The number of amides is 1. The van der Waals surface area contributed by atoms with E-state index in [-0.39, 0.29) is 11.3 Å². The fourth-order valence-electron chi connectivity index (χ4n) is 2.65. The first-order valence-corrected chi connectivity index (χ1v) is 8.15. The van der Waals surface area contributed by atoms with Gasteiger partial charge in [-0.2, -0.15) is 0 Å². The average molecular weight is 366 g/mol. The van der Waals surface area contributed by atoms with Crippen LogP contribution in [-0.4, -0.2) is 35.3 Å². The quantitative estimate of drug-likeness (QED) is 0.895. The lowest BCUT2D eigenvalue weighted by atomic mass is 10.1. The highest BCUT2D eigenvalue weighted by Crippen LogP contribution is 2.23. The third-order valence-corrected chi connectivity index (χ3v) is 3.89. The number of piperidine rings is 1. The Balaban J connectivity index is 1.60. The highest BCUT2D eigenvalue weighted by Gasteiger charge is 2.31. The van der Waals surface area contributed by atoms with Crippen LogP contribution < -0.4 is 15.0 Å². The molecule has 0 aliphatic carbocycles. The first-order valence-electron chi connectivity index (χ1n) is 8.15. The number of hydrogen-bond donors (Lipinski definition) is 1. The number of benzene rings is 1. The van der Waals surface area contributed by atoms with Crippen molar-refractivity contribution in [2.75, 3.05) is 23.3 Å². The SMILES string of the molecule is O=C(Nc1cnc(N2CCCCC2)nc1)c1ccc(OC(F)(F)F)cc1. The zero-order valence-electron chi connectivity index (χ0n) is 13.8. The zero-order valence-corrected chi connectivity index (χ0v) is 13.8. The van der Waals surface area contributed by atoms with Gasteiger partial charge < -0.3 is 15.0 Å². The topological polar surface area (TPSA) is 67.4 Å². The van der Waals surface area contributed by atoms with E-state index in [1.807, 2.05) is 0 Å². The standard InChI is InChI=1S/C17H17F3N4O2/c18-17(19,20)26-14-6-4-12(5-7-14)15(25)23-13-10-21-16(22-11-13)24-8-2-1-3-9-24/h4-7,10-11H,1-3,8-9H2,(H,23,25). The summed E-state index contributed by atoms with van der Waals surface area (Å²) in [5, 5.41) is 2.61. The van der Waals surface area contributed by atoms with Crippen LogP contribution in [0.15, 0.2) is 36.7 Å². The first-order chi connectivity index (χ1) is 12.4. The van der Waals surface area contributed by atoms with Gasteiger partial charge in [0.1, 0.15) is 5.75 Å². The predicted molar refractivity (Wildman–Crippen MR) is 89.2 cm³/mol. The van der Waals surface area contributed by atoms with Crippen molar-refractivity contribution in [1.82, 2.24) is 9.97 Å². The normalized spacial score (nSPS) is 14.8. The Kier molecular flexibility index (Phi) is 5.24. The van der Waals surface area contributed by atoms with Crippen molar-refractivity contribution in [2.45, 2.75) is 25.6 Å². The molecule has 1 N–H and O–H groups in total. The Bertz CT molecular complexity index is 742. The van der Waals surface area contributed by atoms with Crippen molar-refractivity contribution in [3.05, 3.63) is 42.2 Å². The lowest BCUT2D eigenvalue weighted by Gasteiger charge is -2.26. The minimum atomic E-state index is -4.77. The molecule has 0 saturated carbocycles. The van der Waals surface area contributed by atoms with Crippen LogP contribution in [0.3, 0.4) is 0 Å². The molecule has 138 valence electrons. The van der Waals surface area contributed by atoms with Crippen molar-refractivity contribution in [1.29, 1.82) is 0 Å². The number of nitrogens with zero attached hydrogens (tertiary/aromatic N) is 3. The number of halogens is 3. The molecule has 1 amide bonds. The number of carbonyl (C=O) groups excluding carboxylic acids is 1. The summed E-state index contributed by atoms with van der Waals surface area (Å²) >= 11 is 0. The molecule has 0 atom stereocenters. The number of carbonyl (C=O) groups is 1. The zero-order chi connectivity index (χ0) is 18.6. The van der Waals surface area contributed by atoms with Crippen LogP contribution in [0.5, 0.6) is 5.75 Å². The third kappa shape index (κ3) is 4.84. The number of ether oxygens (including phenoxy) is 1. The summed E-state index contributed by atoms with van der Waals surface area (Å²) in [5.74, 6) is -0.238. The van der Waals surface area contributed by atoms with Gasteiger partial charge in [0, 0.05) is 18.7 Å². The van der Waals surface area contributed by atoms with Crippen LogP contribution >= 0.6 is 0 Å². The number of nitrogens with one attached hydrogen (secondary N) is 1. The predicted octanol–water partition coefficient (Wildman–Crippen LogP) is 3.62. The third-order valence-electron chi connectivity index (χ3n) is 3.89. The van der Waals surface area contributed by atoms with Crippen molar-refractivity contribution >= 4 is 17.5 Å². The van der Waals surface area contributed by atoms with Gasteiger partial charge >= 0.3 is 6.36 Å². The van der Waals surface area contributed by atoms with Gasteiger partial charge in [-0.1, -0.05) is 0 Å². The summed E-state index contributed by atoms with van der Waals surface area (Å²) in [6.45, 7) is 1.83. The van der Waals surface area contributed by atoms with Crippen molar-refractivity contribution in [3.8, 4) is 5.75 Å². The van der Waals surface area contributed by atoms with Gasteiger partial charge in [0.2, 0.25) is 5.95 Å². The van der Waals surface area contributed by atoms with Crippen LogP contribution in [-0.2, 0) is 0 Å². The molecule has 1 aromatic carbocycles. The van der Waals surface area contributed by atoms with Crippen molar-refractivity contribution < 1.29 is 22.7 Å². The Labute approximate surface area is 148 Å². The van der Waals surface area contributed by atoms with Gasteiger partial charge in [-0.05, 0) is 43.5 Å². The smallest absolute Gasteiger partial charge is 0.406 e. The lowest BCUT2D eigenvalue weighted by molar-refractivity contribution is -0.274. The van der Waals surface area contributed by atoms with E-state index in [0.29, 0.717) is 11.6 Å². The first kappa shape index (κ1) is 18.0. The number of aromatic nitrogens is 2. The summed E-state index contributed by atoms with van der Waals surface area (Å²) in [6.07, 6.45) is 1.67. The largest absolute Gasteiger partial charge is 0.573 e. The molecule has 0 unspecified atom stereocenters. The van der Waals surface area contributed by atoms with Crippen LogP contribution in [0.1, 0.15) is 29.6 Å². The molecule has 2 heterocycles. The molecule has 1 saturated heterocycles. The van der Waals surface area contributed by atoms with Gasteiger partial charge in [0.05, 0.1) is 18.1 Å². The molecule has 1 aromatic heterocycles. The molecular formula is C17H17F3N4O2. The molecule has 0 spiro atoms. The molecule has 0 bridgehead atoms. The van der Waals surface area contributed by atoms with E-state index in [9.17, 15) is 18.0 Å². The molecule has 1 aliphatic rings. The average Bonchev–Trinajstić information content (AvgIpc) is 2.62. The monoisotopic (exact) mass is 366 g/mol. The van der Waals surface area contributed by atoms with Crippen molar-refractivity contribution in [2.24, 2.45) is 0 Å². The minimum Gasteiger partial charge on any atom is -0.406 e. The minimum absolute atomic E-state index is 0.194. The summed E-state index contributed by atoms with van der Waals surface area (Å²) in [6, 6.07) is 4.66. The highest BCUT2D eigenvalue weighted by molar-refractivity contribution is 6.04. The maximum absolute atomic E-state index is 12.2. The fraction of sp³-hybridized carbons (Fsp3) is 0.353. The molecule has 3 rings (SSSR count). The molecule has 1 fully saturated rings. The lowest BCUT2D eigenvalue weighted by Crippen LogP contribution is -2.30. The van der Waals surface area contributed by atoms with Gasteiger partial charge in [-0.25, -0.2) is 9.97 Å². The number of anilines is 2. The molecule has 9 heteroatoms. The summed E-state index contributed by atoms with van der Waals surface area (Å²) in [5.41, 5.74) is 0.603. The Morgan fingerprint density at radius 3 is 2.23 bits per heavy atom. The molecule has 6 nitrogen and oxygen atoms in total. The van der Waals surface area contributed by atoms with Crippen LogP contribution in [0.25, 0.3) is 0 Å². The van der Waals surface area contributed by atoms with Crippen molar-refractivity contribution in [3.63, 3.8) is 0 Å². The van der Waals surface area contributed by atoms with E-state index in [4.69, 9.17) is 0 Å². The Hall–Kier alpha value is -2.84. The van der Waals surface area contributed by atoms with Gasteiger partial charge in [0.15, 0.2) is 0 Å². The molecule has 26 heavy (non-hydrogen) atoms. The molecule has 1 aliphatic heterocycles. The summed E-state index contributed by atoms with van der Waals surface area (Å²) < 4.78 is 40.2. The maximum atomic E-state index is 12.2. The van der Waals surface area contributed by atoms with Crippen LogP contribution in [0.4, 0.5) is 24.8 Å². The highest BCUT2D eigenvalue weighted by atomic mass is 19.4. The second kappa shape index (κ2) is 7.59. The molecule has 2 aromatic rings. The van der Waals surface area contributed by atoms with Gasteiger partial charge in [0.25, 0.3) is 5.91 Å². The number of rotatable bonds is 4. The van der Waals surface area contributed by atoms with E-state index >= 15 is 0 Å². The second-order valence-corrected chi connectivity index (χ2v) is 5.85. The summed E-state index contributed by atoms with van der Waals surface area (Å²) in [7, 11) is 0. The van der Waals surface area contributed by atoms with Gasteiger partial charge in [-0.15, -0.1) is 13.2 Å². The Morgan fingerprint density at radius 2 is 1.65 bits per heavy atom. The number of hydrogen-bond acceptors (Lipinski definition) is 5. The maximum Gasteiger partial charge on any atom is 0.573 e. The second-order valence-electron chi connectivity index (χ2n) is 5.85. The van der Waals surface area contributed by atoms with Crippen LogP contribution in [0, 0.1) is 0 Å². The van der Waals surface area contributed by atoms with E-state index < -0.39 is 12.3 Å². The van der Waals surface area contributed by atoms with E-state index in [0.717, 1.165) is 38.1 Å². The van der Waals surface area contributed by atoms with E-state index in [1.54, 1.807) is 0 Å². The van der Waals surface area contributed by atoms with Crippen LogP contribution in [0.2, 0.25) is 0 Å². The van der Waals surface area contributed by atoms with Gasteiger partial charge in [-0.3, -0.25) is 4.79 Å². The number of alkyl halides is 3. The Morgan fingerprint density at radius 1 is 1.04 bits per heavy atom. The molecule has 0 radical (unpaired) electrons. The molecular weight excluding hydrogens is 349 g/mol.